The number of ketones is 1. The van der Waals surface area contributed by atoms with E-state index < -0.39 is 0 Å². The van der Waals surface area contributed by atoms with Gasteiger partial charge in [0.15, 0.2) is 5.78 Å². The summed E-state index contributed by atoms with van der Waals surface area (Å²) in [4.78, 5) is 32.5. The fraction of sp³-hybridized carbons (Fsp3) is 0.143. The van der Waals surface area contributed by atoms with Crippen molar-refractivity contribution < 1.29 is 9.59 Å². The molecule has 0 saturated carbocycles. The van der Waals surface area contributed by atoms with Crippen molar-refractivity contribution >= 4 is 29.0 Å². The highest BCUT2D eigenvalue weighted by Crippen LogP contribution is 2.16. The third-order valence-electron chi connectivity index (χ3n) is 3.94. The third-order valence-corrected chi connectivity index (χ3v) is 3.94. The molecule has 6 nitrogen and oxygen atoms in total. The van der Waals surface area contributed by atoms with E-state index in [-0.39, 0.29) is 17.4 Å². The summed E-state index contributed by atoms with van der Waals surface area (Å²) in [7, 11) is 0. The highest BCUT2D eigenvalue weighted by atomic mass is 16.2. The minimum Gasteiger partial charge on any atom is -0.324 e. The van der Waals surface area contributed by atoms with E-state index in [2.05, 4.69) is 20.6 Å². The maximum Gasteiger partial charge on any atom is 0.274 e. The molecular formula is C21H20N4O2. The van der Waals surface area contributed by atoms with Gasteiger partial charge in [-0.05, 0) is 63.2 Å². The van der Waals surface area contributed by atoms with Gasteiger partial charge in [0.2, 0.25) is 5.95 Å². The predicted molar refractivity (Wildman–Crippen MR) is 106 cm³/mol. The summed E-state index contributed by atoms with van der Waals surface area (Å²) in [5.41, 5.74) is 4.12. The fourth-order valence-electron chi connectivity index (χ4n) is 2.49. The summed E-state index contributed by atoms with van der Waals surface area (Å²) in [5.74, 6) is -0.00918. The Morgan fingerprint density at radius 3 is 2.11 bits per heavy atom. The first-order valence-corrected chi connectivity index (χ1v) is 8.52. The summed E-state index contributed by atoms with van der Waals surface area (Å²) in [6.45, 7) is 5.32. The number of hydrogen-bond acceptors (Lipinski definition) is 5. The van der Waals surface area contributed by atoms with Gasteiger partial charge in [-0.25, -0.2) is 9.97 Å². The second-order valence-electron chi connectivity index (χ2n) is 6.30. The van der Waals surface area contributed by atoms with Crippen LogP contribution in [0.4, 0.5) is 17.3 Å². The fourth-order valence-corrected chi connectivity index (χ4v) is 2.49. The van der Waals surface area contributed by atoms with Crippen molar-refractivity contribution in [1.29, 1.82) is 0 Å². The van der Waals surface area contributed by atoms with Crippen LogP contribution < -0.4 is 10.6 Å². The van der Waals surface area contributed by atoms with Crippen LogP contribution in [0.5, 0.6) is 0 Å². The predicted octanol–water partition coefficient (Wildman–Crippen LogP) is 4.29. The second kappa shape index (κ2) is 7.78. The summed E-state index contributed by atoms with van der Waals surface area (Å²) < 4.78 is 0. The topological polar surface area (TPSA) is 84.0 Å². The number of carbonyl (C=O) groups is 2. The van der Waals surface area contributed by atoms with Crippen LogP contribution >= 0.6 is 0 Å². The van der Waals surface area contributed by atoms with Crippen molar-refractivity contribution in [3.05, 3.63) is 77.1 Å². The molecular weight excluding hydrogens is 340 g/mol. The van der Waals surface area contributed by atoms with Gasteiger partial charge in [0.25, 0.3) is 5.91 Å². The first-order valence-electron chi connectivity index (χ1n) is 8.52. The number of hydrogen-bond donors (Lipinski definition) is 2. The Morgan fingerprint density at radius 2 is 1.48 bits per heavy atom. The van der Waals surface area contributed by atoms with E-state index >= 15 is 0 Å². The van der Waals surface area contributed by atoms with Crippen molar-refractivity contribution in [2.45, 2.75) is 20.8 Å². The van der Waals surface area contributed by atoms with Gasteiger partial charge in [-0.3, -0.25) is 9.59 Å². The Hall–Kier alpha value is -3.54. The lowest BCUT2D eigenvalue weighted by Crippen LogP contribution is -2.15. The third kappa shape index (κ3) is 4.76. The van der Waals surface area contributed by atoms with Gasteiger partial charge in [-0.1, -0.05) is 17.7 Å². The molecule has 0 saturated heterocycles. The molecule has 0 aliphatic heterocycles. The zero-order valence-electron chi connectivity index (χ0n) is 15.4. The number of nitrogens with zero attached hydrogens (tertiary/aromatic N) is 2. The molecule has 2 N–H and O–H groups in total. The summed E-state index contributed by atoms with van der Waals surface area (Å²) in [5, 5.41) is 5.89. The molecule has 3 rings (SSSR count). The molecule has 1 heterocycles. The van der Waals surface area contributed by atoms with Gasteiger partial charge in [-0.2, -0.15) is 0 Å². The smallest absolute Gasteiger partial charge is 0.274 e. The Bertz CT molecular complexity index is 980. The molecule has 27 heavy (non-hydrogen) atoms. The van der Waals surface area contributed by atoms with Crippen LogP contribution in [0.15, 0.2) is 54.6 Å². The lowest BCUT2D eigenvalue weighted by molar-refractivity contribution is 0.101. The van der Waals surface area contributed by atoms with E-state index in [1.165, 1.54) is 6.92 Å². The van der Waals surface area contributed by atoms with Crippen LogP contribution in [0.1, 0.15) is 39.0 Å². The van der Waals surface area contributed by atoms with Gasteiger partial charge >= 0.3 is 0 Å². The molecule has 1 amide bonds. The van der Waals surface area contributed by atoms with E-state index in [4.69, 9.17) is 0 Å². The number of nitrogens with one attached hydrogen (secondary N) is 2. The average Bonchev–Trinajstić information content (AvgIpc) is 2.63. The first-order chi connectivity index (χ1) is 12.9. The molecule has 0 radical (unpaired) electrons. The highest BCUT2D eigenvalue weighted by molar-refractivity contribution is 6.03. The Balaban J connectivity index is 1.77. The molecule has 0 aliphatic rings. The molecule has 1 aromatic heterocycles. The highest BCUT2D eigenvalue weighted by Gasteiger charge is 2.12. The van der Waals surface area contributed by atoms with E-state index in [1.54, 1.807) is 37.3 Å². The van der Waals surface area contributed by atoms with Gasteiger partial charge in [0.1, 0.15) is 5.69 Å². The van der Waals surface area contributed by atoms with Crippen LogP contribution in [-0.2, 0) is 0 Å². The van der Waals surface area contributed by atoms with E-state index in [0.29, 0.717) is 22.9 Å². The van der Waals surface area contributed by atoms with Gasteiger partial charge in [-0.15, -0.1) is 0 Å². The number of carbonyl (C=O) groups excluding carboxylic acids is 2. The van der Waals surface area contributed by atoms with Crippen molar-refractivity contribution in [3.63, 3.8) is 0 Å². The lowest BCUT2D eigenvalue weighted by Gasteiger charge is -2.09. The Kier molecular flexibility index (Phi) is 5.26. The van der Waals surface area contributed by atoms with Gasteiger partial charge < -0.3 is 10.6 Å². The number of anilines is 3. The Morgan fingerprint density at radius 1 is 0.852 bits per heavy atom. The SMILES string of the molecule is CC(=O)c1ccc(NC(=O)c2cc(C)nc(Nc3ccc(C)cc3)n2)cc1. The minimum atomic E-state index is -0.344. The van der Waals surface area contributed by atoms with E-state index in [1.807, 2.05) is 31.2 Å². The summed E-state index contributed by atoms with van der Waals surface area (Å²) >= 11 is 0. The second-order valence-corrected chi connectivity index (χ2v) is 6.30. The number of Topliss-reactive ketones (excluding diaryl/α,β-unsaturated/α-hetero) is 1. The number of aryl methyl sites for hydroxylation is 2. The largest absolute Gasteiger partial charge is 0.324 e. The van der Waals surface area contributed by atoms with Crippen molar-refractivity contribution in [3.8, 4) is 0 Å². The van der Waals surface area contributed by atoms with Crippen molar-refractivity contribution in [2.75, 3.05) is 10.6 Å². The standard InChI is InChI=1S/C21H20N4O2/c1-13-4-8-18(9-5-13)24-21-22-14(2)12-19(25-21)20(27)23-17-10-6-16(7-11-17)15(3)26/h4-12H,1-3H3,(H,23,27)(H,22,24,25). The Labute approximate surface area is 157 Å². The lowest BCUT2D eigenvalue weighted by atomic mass is 10.1. The minimum absolute atomic E-state index is 0.0221. The molecule has 6 heteroatoms. The molecule has 0 fully saturated rings. The van der Waals surface area contributed by atoms with Crippen molar-refractivity contribution in [2.24, 2.45) is 0 Å². The number of aromatic nitrogens is 2. The molecule has 0 bridgehead atoms. The molecule has 3 aromatic rings. The zero-order chi connectivity index (χ0) is 19.4. The number of rotatable bonds is 5. The maximum atomic E-state index is 12.5. The van der Waals surface area contributed by atoms with Gasteiger partial charge in [0, 0.05) is 22.6 Å². The first kappa shape index (κ1) is 18.3. The molecule has 0 atom stereocenters. The maximum absolute atomic E-state index is 12.5. The quantitative estimate of drug-likeness (QED) is 0.663. The molecule has 0 aliphatic carbocycles. The average molecular weight is 360 g/mol. The molecule has 0 spiro atoms. The zero-order valence-corrected chi connectivity index (χ0v) is 15.4. The van der Waals surface area contributed by atoms with Crippen LogP contribution in [0, 0.1) is 13.8 Å². The van der Waals surface area contributed by atoms with Crippen LogP contribution in [0.3, 0.4) is 0 Å². The normalized spacial score (nSPS) is 10.3. The molecule has 0 unspecified atom stereocenters. The summed E-state index contributed by atoms with van der Waals surface area (Å²) in [6.07, 6.45) is 0. The van der Waals surface area contributed by atoms with Crippen molar-refractivity contribution in [1.82, 2.24) is 9.97 Å². The molecule has 136 valence electrons. The van der Waals surface area contributed by atoms with Crippen LogP contribution in [-0.4, -0.2) is 21.7 Å². The van der Waals surface area contributed by atoms with Gasteiger partial charge in [0.05, 0.1) is 0 Å². The monoisotopic (exact) mass is 360 g/mol. The van der Waals surface area contributed by atoms with Crippen LogP contribution in [0.25, 0.3) is 0 Å². The molecule has 2 aromatic carbocycles. The number of amides is 1. The van der Waals surface area contributed by atoms with E-state index in [9.17, 15) is 9.59 Å². The van der Waals surface area contributed by atoms with E-state index in [0.717, 1.165) is 11.3 Å². The van der Waals surface area contributed by atoms with Crippen LogP contribution in [0.2, 0.25) is 0 Å². The number of benzene rings is 2. The summed E-state index contributed by atoms with van der Waals surface area (Å²) in [6, 6.07) is 16.2.